The van der Waals surface area contributed by atoms with Gasteiger partial charge in [0, 0.05) is 0 Å². The summed E-state index contributed by atoms with van der Waals surface area (Å²) in [7, 11) is 1.59. The topological polar surface area (TPSA) is 9.23 Å². The van der Waals surface area contributed by atoms with Crippen LogP contribution in [0.5, 0.6) is 5.75 Å². The van der Waals surface area contributed by atoms with Gasteiger partial charge in [0.25, 0.3) is 0 Å². The van der Waals surface area contributed by atoms with Crippen LogP contribution in [0, 0.1) is 0 Å². The molecule has 0 bridgehead atoms. The first-order valence-electron chi connectivity index (χ1n) is 2.93. The third-order valence-corrected chi connectivity index (χ3v) is 0.914. The molecule has 1 aromatic carbocycles. The van der Waals surface area contributed by atoms with E-state index in [2.05, 4.69) is 0 Å². The van der Waals surface area contributed by atoms with Gasteiger partial charge in [-0.3, -0.25) is 0 Å². The molecule has 1 aromatic rings. The average molecular weight is 109 g/mol. The van der Waals surface area contributed by atoms with Gasteiger partial charge in [-0.15, -0.1) is 0 Å². The summed E-state index contributed by atoms with van der Waals surface area (Å²) in [4.78, 5) is 0. The maximum atomic E-state index is 7.16. The van der Waals surface area contributed by atoms with E-state index in [0.717, 1.165) is 5.75 Å². The molecule has 0 aliphatic rings. The summed E-state index contributed by atoms with van der Waals surface area (Å²) in [6.07, 6.45) is 0. The van der Waals surface area contributed by atoms with Gasteiger partial charge < -0.3 is 4.74 Å². The summed E-state index contributed by atoms with van der Waals surface area (Å²) in [5.74, 6) is 0.738. The van der Waals surface area contributed by atoms with E-state index in [-0.39, 0.29) is 0 Å². The van der Waals surface area contributed by atoms with Crippen LogP contribution in [-0.2, 0) is 0 Å². The highest BCUT2D eigenvalue weighted by Gasteiger charge is 1.80. The monoisotopic (exact) mass is 109 g/mol. The number of hydrogen-bond acceptors (Lipinski definition) is 1. The molecule has 0 fully saturated rings. The molecule has 1 heteroatoms. The maximum Gasteiger partial charge on any atom is 0.118 e. The summed E-state index contributed by atoms with van der Waals surface area (Å²) in [5, 5.41) is 0. The summed E-state index contributed by atoms with van der Waals surface area (Å²) in [5.41, 5.74) is 0. The van der Waals surface area contributed by atoms with Crippen molar-refractivity contribution < 1.29 is 6.11 Å². The minimum absolute atomic E-state index is 0.481. The molecule has 0 radical (unpaired) electrons. The van der Waals surface area contributed by atoms with E-state index >= 15 is 0 Å². The van der Waals surface area contributed by atoms with Crippen molar-refractivity contribution in [1.29, 1.82) is 0 Å². The van der Waals surface area contributed by atoms with Gasteiger partial charge in [-0.2, -0.15) is 0 Å². The third-order valence-electron chi connectivity index (χ3n) is 0.914. The van der Waals surface area contributed by atoms with Gasteiger partial charge in [-0.25, -0.2) is 0 Å². The highest BCUT2D eigenvalue weighted by molar-refractivity contribution is 5.20. The average Bonchev–Trinajstić information content (AvgIpc) is 1.88. The molecule has 0 saturated heterocycles. The SMILES string of the molecule is [2H]c1cccc(OC)c1. The van der Waals surface area contributed by atoms with Gasteiger partial charge in [0.15, 0.2) is 0 Å². The molecule has 0 heterocycles. The molecular weight excluding hydrogens is 100 g/mol. The maximum absolute atomic E-state index is 7.16. The molecule has 1 rings (SSSR count). The smallest absolute Gasteiger partial charge is 0.118 e. The number of ether oxygens (including phenoxy) is 1. The van der Waals surface area contributed by atoms with Crippen molar-refractivity contribution in [2.75, 3.05) is 7.11 Å². The van der Waals surface area contributed by atoms with Gasteiger partial charge in [-0.1, -0.05) is 18.2 Å². The zero-order valence-corrected chi connectivity index (χ0v) is 4.72. The van der Waals surface area contributed by atoms with E-state index in [0.29, 0.717) is 6.04 Å². The standard InChI is InChI=1S/C7H8O/c1-8-7-5-3-2-4-6-7/h2-6H,1H3/i3D. The van der Waals surface area contributed by atoms with Gasteiger partial charge >= 0.3 is 0 Å². The van der Waals surface area contributed by atoms with Crippen LogP contribution in [0.15, 0.2) is 30.3 Å². The molecule has 0 aliphatic heterocycles. The number of hydrogen-bond donors (Lipinski definition) is 0. The highest BCUT2D eigenvalue weighted by atomic mass is 16.5. The normalized spacial score (nSPS) is 10.4. The van der Waals surface area contributed by atoms with Crippen molar-refractivity contribution in [2.45, 2.75) is 0 Å². The van der Waals surface area contributed by atoms with E-state index < -0.39 is 0 Å². The zero-order valence-electron chi connectivity index (χ0n) is 5.72. The second-order valence-corrected chi connectivity index (χ2v) is 1.44. The van der Waals surface area contributed by atoms with Crippen molar-refractivity contribution in [3.05, 3.63) is 30.3 Å². The van der Waals surface area contributed by atoms with Gasteiger partial charge in [-0.05, 0) is 12.1 Å². The van der Waals surface area contributed by atoms with E-state index in [1.165, 1.54) is 0 Å². The molecule has 0 N–H and O–H groups in total. The summed E-state index contributed by atoms with van der Waals surface area (Å²) >= 11 is 0. The van der Waals surface area contributed by atoms with Gasteiger partial charge in [0.05, 0.1) is 8.48 Å². The second-order valence-electron chi connectivity index (χ2n) is 1.44. The van der Waals surface area contributed by atoms with Crippen molar-refractivity contribution in [3.63, 3.8) is 0 Å². The quantitative estimate of drug-likeness (QED) is 0.533. The Kier molecular flexibility index (Phi) is 1.17. The Morgan fingerprint density at radius 2 is 2.38 bits per heavy atom. The minimum atomic E-state index is 0.481. The summed E-state index contributed by atoms with van der Waals surface area (Å²) in [6.45, 7) is 0. The molecule has 0 spiro atoms. The predicted molar refractivity (Wildman–Crippen MR) is 33.0 cm³/mol. The van der Waals surface area contributed by atoms with Crippen LogP contribution in [0.2, 0.25) is 0 Å². The zero-order chi connectivity index (χ0) is 6.69. The summed E-state index contributed by atoms with van der Waals surface area (Å²) in [6, 6.07) is 7.47. The Morgan fingerprint density at radius 3 is 2.88 bits per heavy atom. The lowest BCUT2D eigenvalue weighted by molar-refractivity contribution is 0.415. The predicted octanol–water partition coefficient (Wildman–Crippen LogP) is 1.70. The van der Waals surface area contributed by atoms with Crippen molar-refractivity contribution in [3.8, 4) is 5.75 Å². The van der Waals surface area contributed by atoms with Crippen molar-refractivity contribution in [1.82, 2.24) is 0 Å². The Balaban J connectivity index is 2.94. The Bertz CT molecular complexity index is 198. The molecule has 0 aliphatic carbocycles. The highest BCUT2D eigenvalue weighted by Crippen LogP contribution is 2.05. The minimum Gasteiger partial charge on any atom is -0.497 e. The molecular formula is C7H8O. The van der Waals surface area contributed by atoms with Gasteiger partial charge in [0.1, 0.15) is 5.75 Å². The largest absolute Gasteiger partial charge is 0.497 e. The van der Waals surface area contributed by atoms with E-state index in [1.807, 2.05) is 6.07 Å². The number of para-hydroxylation sites is 1. The van der Waals surface area contributed by atoms with Crippen LogP contribution < -0.4 is 4.74 Å². The molecule has 8 heavy (non-hydrogen) atoms. The van der Waals surface area contributed by atoms with Crippen LogP contribution in [0.1, 0.15) is 1.37 Å². The van der Waals surface area contributed by atoms with Crippen LogP contribution in [0.4, 0.5) is 0 Å². The second kappa shape index (κ2) is 2.36. The van der Waals surface area contributed by atoms with Crippen LogP contribution in [-0.4, -0.2) is 7.11 Å². The third kappa shape index (κ3) is 0.997. The number of methoxy groups -OCH3 is 1. The molecule has 1 nitrogen and oxygen atoms in total. The van der Waals surface area contributed by atoms with Crippen LogP contribution in [0.3, 0.4) is 0 Å². The molecule has 42 valence electrons. The number of rotatable bonds is 1. The first kappa shape index (κ1) is 3.96. The Morgan fingerprint density at radius 1 is 1.50 bits per heavy atom. The van der Waals surface area contributed by atoms with E-state index in [9.17, 15) is 0 Å². The fourth-order valence-corrected chi connectivity index (χ4v) is 0.504. The molecule has 0 amide bonds. The van der Waals surface area contributed by atoms with Crippen LogP contribution in [0.25, 0.3) is 0 Å². The number of benzene rings is 1. The molecule has 0 saturated carbocycles. The van der Waals surface area contributed by atoms with Crippen molar-refractivity contribution >= 4 is 0 Å². The lowest BCUT2D eigenvalue weighted by Crippen LogP contribution is -1.78. The molecule has 0 unspecified atom stereocenters. The Labute approximate surface area is 50.3 Å². The molecule has 0 aromatic heterocycles. The first-order chi connectivity index (χ1) is 4.33. The molecule has 0 atom stereocenters. The van der Waals surface area contributed by atoms with E-state index in [1.54, 1.807) is 25.3 Å². The van der Waals surface area contributed by atoms with E-state index in [4.69, 9.17) is 6.11 Å². The van der Waals surface area contributed by atoms with Gasteiger partial charge in [0.2, 0.25) is 0 Å². The fraction of sp³-hybridized carbons (Fsp3) is 0.143. The Hall–Kier alpha value is -0.980. The first-order valence-corrected chi connectivity index (χ1v) is 2.43. The fourth-order valence-electron chi connectivity index (χ4n) is 0.504. The lowest BCUT2D eigenvalue weighted by Gasteiger charge is -1.93. The van der Waals surface area contributed by atoms with Crippen molar-refractivity contribution in [2.24, 2.45) is 0 Å². The summed E-state index contributed by atoms with van der Waals surface area (Å²) < 4.78 is 12.0. The van der Waals surface area contributed by atoms with Crippen LogP contribution >= 0.6 is 0 Å². The lowest BCUT2D eigenvalue weighted by atomic mass is 10.3.